The molecule has 1 aliphatic rings. The molecule has 0 radical (unpaired) electrons. The van der Waals surface area contributed by atoms with Gasteiger partial charge >= 0.3 is 0 Å². The van der Waals surface area contributed by atoms with Crippen LogP contribution in [-0.2, 0) is 0 Å². The zero-order chi connectivity index (χ0) is 23.1. The summed E-state index contributed by atoms with van der Waals surface area (Å²) in [5.41, 5.74) is 3.19. The number of para-hydroxylation sites is 1. The monoisotopic (exact) mass is 439 g/mol. The summed E-state index contributed by atoms with van der Waals surface area (Å²) in [4.78, 5) is 28.6. The molecule has 5 rings (SSSR count). The van der Waals surface area contributed by atoms with Crippen LogP contribution >= 0.6 is 0 Å². The van der Waals surface area contributed by atoms with Crippen molar-refractivity contribution >= 4 is 16.9 Å². The second-order valence-electron chi connectivity index (χ2n) is 8.78. The zero-order valence-electron chi connectivity index (χ0n) is 18.6. The molecule has 5 nitrogen and oxygen atoms in total. The molecule has 5 heteroatoms. The maximum absolute atomic E-state index is 13.5. The number of fused-ring (bicyclic) bond motifs is 2. The number of benzene rings is 3. The summed E-state index contributed by atoms with van der Waals surface area (Å²) >= 11 is 0. The molecular formula is C28H25NO4. The molecule has 1 aliphatic heterocycles. The lowest BCUT2D eigenvalue weighted by molar-refractivity contribution is 0.0583. The van der Waals surface area contributed by atoms with E-state index in [9.17, 15) is 14.7 Å². The summed E-state index contributed by atoms with van der Waals surface area (Å²) in [6.07, 6.45) is -0.897. The van der Waals surface area contributed by atoms with Crippen molar-refractivity contribution in [3.63, 3.8) is 0 Å². The van der Waals surface area contributed by atoms with E-state index in [1.807, 2.05) is 54.6 Å². The Morgan fingerprint density at radius 2 is 1.55 bits per heavy atom. The van der Waals surface area contributed by atoms with Gasteiger partial charge in [-0.1, -0.05) is 80.6 Å². The molecule has 0 fully saturated rings. The van der Waals surface area contributed by atoms with E-state index in [-0.39, 0.29) is 23.6 Å². The average Bonchev–Trinajstić information content (AvgIpc) is 3.11. The first kappa shape index (κ1) is 21.2. The summed E-state index contributed by atoms with van der Waals surface area (Å²) in [6, 6.07) is 23.5. The lowest BCUT2D eigenvalue weighted by Gasteiger charge is -2.27. The van der Waals surface area contributed by atoms with E-state index in [0.29, 0.717) is 28.0 Å². The van der Waals surface area contributed by atoms with Gasteiger partial charge in [-0.05, 0) is 34.7 Å². The van der Waals surface area contributed by atoms with Crippen LogP contribution in [0.3, 0.4) is 0 Å². The SMILES string of the molecule is CC(C)c1ccc(C2c3c(oc4ccccc4c3=O)C(=O)N2CC(O)c2ccccc2)cc1. The van der Waals surface area contributed by atoms with Crippen LogP contribution in [0.4, 0.5) is 0 Å². The Labute approximate surface area is 191 Å². The molecule has 3 aromatic carbocycles. The van der Waals surface area contributed by atoms with E-state index < -0.39 is 12.1 Å². The number of nitrogens with zero attached hydrogens (tertiary/aromatic N) is 1. The summed E-state index contributed by atoms with van der Waals surface area (Å²) in [6.45, 7) is 4.28. The lowest BCUT2D eigenvalue weighted by atomic mass is 9.95. The maximum Gasteiger partial charge on any atom is 0.291 e. The number of aliphatic hydroxyl groups is 1. The van der Waals surface area contributed by atoms with Gasteiger partial charge in [0.15, 0.2) is 5.43 Å². The molecular weight excluding hydrogens is 414 g/mol. The van der Waals surface area contributed by atoms with Gasteiger partial charge in [0, 0.05) is 0 Å². The number of amides is 1. The third-order valence-corrected chi connectivity index (χ3v) is 6.35. The van der Waals surface area contributed by atoms with E-state index in [4.69, 9.17) is 4.42 Å². The molecule has 0 aliphatic carbocycles. The Morgan fingerprint density at radius 1 is 0.879 bits per heavy atom. The van der Waals surface area contributed by atoms with Crippen LogP contribution in [0.15, 0.2) is 88.1 Å². The minimum atomic E-state index is -0.897. The van der Waals surface area contributed by atoms with Crippen LogP contribution in [0.5, 0.6) is 0 Å². The minimum Gasteiger partial charge on any atom is -0.450 e. The van der Waals surface area contributed by atoms with Crippen molar-refractivity contribution in [2.45, 2.75) is 31.9 Å². The van der Waals surface area contributed by atoms with Gasteiger partial charge < -0.3 is 14.4 Å². The molecule has 4 aromatic rings. The van der Waals surface area contributed by atoms with E-state index in [1.165, 1.54) is 5.56 Å². The highest BCUT2D eigenvalue weighted by molar-refractivity contribution is 5.99. The molecule has 0 spiro atoms. The Bertz CT molecular complexity index is 1370. The van der Waals surface area contributed by atoms with Crippen LogP contribution in [0, 0.1) is 0 Å². The smallest absolute Gasteiger partial charge is 0.291 e. The largest absolute Gasteiger partial charge is 0.450 e. The number of β-amino-alcohol motifs (C(OH)–C–C–N with tert-alkyl or cyclic N) is 1. The summed E-state index contributed by atoms with van der Waals surface area (Å²) in [7, 11) is 0. The van der Waals surface area contributed by atoms with E-state index in [2.05, 4.69) is 13.8 Å². The first-order valence-corrected chi connectivity index (χ1v) is 11.1. The Hall–Kier alpha value is -3.70. The Kier molecular flexibility index (Phi) is 5.35. The van der Waals surface area contributed by atoms with Crippen LogP contribution in [0.1, 0.15) is 64.7 Å². The molecule has 0 saturated carbocycles. The molecule has 0 bridgehead atoms. The van der Waals surface area contributed by atoms with E-state index in [1.54, 1.807) is 29.2 Å². The summed E-state index contributed by atoms with van der Waals surface area (Å²) in [5.74, 6) is 0.0271. The average molecular weight is 440 g/mol. The number of carbonyl (C=O) groups is 1. The number of rotatable bonds is 5. The van der Waals surface area contributed by atoms with Gasteiger partial charge in [-0.3, -0.25) is 9.59 Å². The molecule has 33 heavy (non-hydrogen) atoms. The van der Waals surface area contributed by atoms with Gasteiger partial charge in [0.25, 0.3) is 5.91 Å². The van der Waals surface area contributed by atoms with Crippen LogP contribution < -0.4 is 5.43 Å². The third-order valence-electron chi connectivity index (χ3n) is 6.35. The second-order valence-corrected chi connectivity index (χ2v) is 8.78. The predicted octanol–water partition coefficient (Wildman–Crippen LogP) is 5.20. The number of carbonyl (C=O) groups excluding carboxylic acids is 1. The first-order valence-electron chi connectivity index (χ1n) is 11.1. The zero-order valence-corrected chi connectivity index (χ0v) is 18.6. The highest BCUT2D eigenvalue weighted by Gasteiger charge is 2.43. The third kappa shape index (κ3) is 3.64. The fourth-order valence-electron chi connectivity index (χ4n) is 4.53. The van der Waals surface area contributed by atoms with Crippen molar-refractivity contribution in [2.24, 2.45) is 0 Å². The molecule has 2 unspecified atom stereocenters. The van der Waals surface area contributed by atoms with Crippen molar-refractivity contribution in [2.75, 3.05) is 6.54 Å². The van der Waals surface area contributed by atoms with Crippen molar-refractivity contribution in [3.8, 4) is 0 Å². The van der Waals surface area contributed by atoms with Gasteiger partial charge in [-0.25, -0.2) is 0 Å². The van der Waals surface area contributed by atoms with Crippen LogP contribution in [-0.4, -0.2) is 22.5 Å². The van der Waals surface area contributed by atoms with Gasteiger partial charge in [-0.15, -0.1) is 0 Å². The van der Waals surface area contributed by atoms with Gasteiger partial charge in [0.05, 0.1) is 29.6 Å². The molecule has 2 atom stereocenters. The van der Waals surface area contributed by atoms with Gasteiger partial charge in [0.1, 0.15) is 5.58 Å². The normalized spacial score (nSPS) is 16.4. The first-order chi connectivity index (χ1) is 16.0. The minimum absolute atomic E-state index is 0.0411. The van der Waals surface area contributed by atoms with Gasteiger partial charge in [0.2, 0.25) is 5.76 Å². The molecule has 1 amide bonds. The second kappa shape index (κ2) is 8.34. The quantitative estimate of drug-likeness (QED) is 0.464. The van der Waals surface area contributed by atoms with Crippen molar-refractivity contribution < 1.29 is 14.3 Å². The highest BCUT2D eigenvalue weighted by atomic mass is 16.3. The summed E-state index contributed by atoms with van der Waals surface area (Å²) < 4.78 is 5.96. The van der Waals surface area contributed by atoms with Crippen LogP contribution in [0.2, 0.25) is 0 Å². The predicted molar refractivity (Wildman–Crippen MR) is 127 cm³/mol. The molecule has 1 aromatic heterocycles. The summed E-state index contributed by atoms with van der Waals surface area (Å²) in [5, 5.41) is 11.4. The number of aliphatic hydroxyl groups excluding tert-OH is 1. The van der Waals surface area contributed by atoms with Crippen molar-refractivity contribution in [1.82, 2.24) is 4.90 Å². The fourth-order valence-corrected chi connectivity index (χ4v) is 4.53. The lowest BCUT2D eigenvalue weighted by Crippen LogP contribution is -2.33. The Morgan fingerprint density at radius 3 is 2.24 bits per heavy atom. The van der Waals surface area contributed by atoms with E-state index in [0.717, 1.165) is 5.56 Å². The molecule has 0 saturated heterocycles. The topological polar surface area (TPSA) is 70.8 Å². The van der Waals surface area contributed by atoms with Crippen LogP contribution in [0.25, 0.3) is 11.0 Å². The Balaban J connectivity index is 1.65. The van der Waals surface area contributed by atoms with Crippen molar-refractivity contribution in [1.29, 1.82) is 0 Å². The molecule has 2 heterocycles. The molecule has 166 valence electrons. The number of hydrogen-bond donors (Lipinski definition) is 1. The standard InChI is InChI=1S/C28H25NO4/c1-17(2)18-12-14-20(15-13-18)25-24-26(31)21-10-6-7-11-23(21)33-27(24)28(32)29(25)16-22(30)19-8-4-3-5-9-19/h3-15,17,22,25,30H,16H2,1-2H3. The highest BCUT2D eigenvalue weighted by Crippen LogP contribution is 2.39. The maximum atomic E-state index is 13.5. The van der Waals surface area contributed by atoms with Crippen molar-refractivity contribution in [3.05, 3.63) is 117 Å². The number of hydrogen-bond acceptors (Lipinski definition) is 4. The fraction of sp³-hybridized carbons (Fsp3) is 0.214. The van der Waals surface area contributed by atoms with Gasteiger partial charge in [-0.2, -0.15) is 0 Å². The molecule has 1 N–H and O–H groups in total. The van der Waals surface area contributed by atoms with E-state index >= 15 is 0 Å².